The van der Waals surface area contributed by atoms with Crippen LogP contribution in [-0.2, 0) is 11.3 Å². The number of nitrogens with zero attached hydrogens (tertiary/aromatic N) is 4. The summed E-state index contributed by atoms with van der Waals surface area (Å²) in [6.45, 7) is 3.69. The number of aliphatic hydroxyl groups is 1. The minimum atomic E-state index is -0.938. The van der Waals surface area contributed by atoms with Crippen LogP contribution < -0.4 is 5.73 Å². The molecule has 4 heterocycles. The molecular weight excluding hydrogens is 518 g/mol. The van der Waals surface area contributed by atoms with Gasteiger partial charge in [-0.2, -0.15) is 0 Å². The lowest BCUT2D eigenvalue weighted by Gasteiger charge is -2.32. The standard InChI is InChI=1S/C24H26BrN5O3S/c1-14(31)23(32)29-8-3-15(4-9-29)5-10-30-18-2-7-27-22(26)21(18)28-24(30)34-20-13-19-16(6-11-33-19)12-17(20)25/h2,6-7,11-15,31H,3-5,8-10H2,1H3,(H2,26,27)/t14-/m1/s1. The van der Waals surface area contributed by atoms with Crippen LogP contribution >= 0.6 is 27.7 Å². The number of fused-ring (bicyclic) bond motifs is 2. The van der Waals surface area contributed by atoms with E-state index in [0.717, 1.165) is 56.8 Å². The number of aromatic nitrogens is 3. The van der Waals surface area contributed by atoms with Crippen LogP contribution in [0.4, 0.5) is 5.82 Å². The number of hydrogen-bond acceptors (Lipinski definition) is 7. The molecule has 1 fully saturated rings. The Kier molecular flexibility index (Phi) is 6.54. The van der Waals surface area contributed by atoms with Crippen molar-refractivity contribution in [3.63, 3.8) is 0 Å². The number of hydrogen-bond donors (Lipinski definition) is 2. The first-order valence-corrected chi connectivity index (χ1v) is 12.9. The molecule has 0 unspecified atom stereocenters. The zero-order valence-electron chi connectivity index (χ0n) is 18.8. The number of anilines is 1. The molecular formula is C24H26BrN5O3S. The summed E-state index contributed by atoms with van der Waals surface area (Å²) in [5.41, 5.74) is 8.65. The minimum absolute atomic E-state index is 0.181. The van der Waals surface area contributed by atoms with Crippen LogP contribution in [0.25, 0.3) is 22.0 Å². The molecule has 0 saturated carbocycles. The maximum Gasteiger partial charge on any atom is 0.251 e. The third-order valence-corrected chi connectivity index (χ3v) is 8.38. The number of piperidine rings is 1. The smallest absolute Gasteiger partial charge is 0.251 e. The van der Waals surface area contributed by atoms with E-state index in [9.17, 15) is 9.90 Å². The van der Waals surface area contributed by atoms with Gasteiger partial charge in [0.05, 0.1) is 11.8 Å². The summed E-state index contributed by atoms with van der Waals surface area (Å²) in [6, 6.07) is 7.96. The highest BCUT2D eigenvalue weighted by molar-refractivity contribution is 9.10. The molecule has 1 aliphatic rings. The molecule has 8 nitrogen and oxygen atoms in total. The van der Waals surface area contributed by atoms with Crippen LogP contribution in [0.1, 0.15) is 26.2 Å². The topological polar surface area (TPSA) is 110 Å². The molecule has 1 amide bonds. The predicted molar refractivity (Wildman–Crippen MR) is 136 cm³/mol. The van der Waals surface area contributed by atoms with Gasteiger partial charge >= 0.3 is 0 Å². The van der Waals surface area contributed by atoms with Gasteiger partial charge in [-0.25, -0.2) is 9.97 Å². The molecule has 10 heteroatoms. The van der Waals surface area contributed by atoms with Crippen LogP contribution in [0, 0.1) is 5.92 Å². The Bertz CT molecular complexity index is 1340. The van der Waals surface area contributed by atoms with E-state index >= 15 is 0 Å². The summed E-state index contributed by atoms with van der Waals surface area (Å²) in [4.78, 5) is 23.9. The quantitative estimate of drug-likeness (QED) is 0.363. The number of halogens is 1. The second-order valence-electron chi connectivity index (χ2n) is 8.69. The molecule has 4 aromatic rings. The van der Waals surface area contributed by atoms with Gasteiger partial charge in [0.2, 0.25) is 0 Å². The maximum absolute atomic E-state index is 12.1. The van der Waals surface area contributed by atoms with Crippen molar-refractivity contribution >= 4 is 61.4 Å². The van der Waals surface area contributed by atoms with E-state index in [2.05, 4.69) is 25.5 Å². The van der Waals surface area contributed by atoms with Crippen LogP contribution in [0.3, 0.4) is 0 Å². The van der Waals surface area contributed by atoms with Crippen molar-refractivity contribution in [3.8, 4) is 0 Å². The van der Waals surface area contributed by atoms with E-state index in [0.29, 0.717) is 30.3 Å². The summed E-state index contributed by atoms with van der Waals surface area (Å²) in [5.74, 6) is 0.738. The van der Waals surface area contributed by atoms with E-state index in [-0.39, 0.29) is 5.91 Å². The Labute approximate surface area is 209 Å². The molecule has 0 radical (unpaired) electrons. The van der Waals surface area contributed by atoms with E-state index < -0.39 is 6.10 Å². The fourth-order valence-electron chi connectivity index (χ4n) is 4.50. The molecule has 1 saturated heterocycles. The van der Waals surface area contributed by atoms with E-state index in [1.807, 2.05) is 24.3 Å². The van der Waals surface area contributed by atoms with Gasteiger partial charge in [0, 0.05) is 40.6 Å². The van der Waals surface area contributed by atoms with Crippen molar-refractivity contribution in [2.45, 2.75) is 48.9 Å². The number of amides is 1. The zero-order valence-corrected chi connectivity index (χ0v) is 21.2. The van der Waals surface area contributed by atoms with Crippen molar-refractivity contribution in [1.82, 2.24) is 19.4 Å². The molecule has 1 aliphatic heterocycles. The number of nitrogen functional groups attached to an aromatic ring is 1. The van der Waals surface area contributed by atoms with Gasteiger partial charge in [-0.1, -0.05) is 11.8 Å². The Hall–Kier alpha value is -2.56. The lowest BCUT2D eigenvalue weighted by atomic mass is 9.93. The van der Waals surface area contributed by atoms with E-state index in [1.165, 1.54) is 6.92 Å². The SMILES string of the molecule is C[C@@H](O)C(=O)N1CCC(CCn2c(Sc3cc4occc4cc3Br)nc3c(N)nccc32)CC1. The minimum Gasteiger partial charge on any atom is -0.464 e. The highest BCUT2D eigenvalue weighted by atomic mass is 79.9. The monoisotopic (exact) mass is 543 g/mol. The van der Waals surface area contributed by atoms with Crippen molar-refractivity contribution in [2.24, 2.45) is 5.92 Å². The molecule has 0 aliphatic carbocycles. The van der Waals surface area contributed by atoms with E-state index in [1.54, 1.807) is 29.1 Å². The number of nitrogens with two attached hydrogens (primary N) is 1. The third kappa shape index (κ3) is 4.54. The maximum atomic E-state index is 12.1. The average molecular weight is 544 g/mol. The van der Waals surface area contributed by atoms with Gasteiger partial charge in [-0.3, -0.25) is 4.79 Å². The lowest BCUT2D eigenvalue weighted by Crippen LogP contribution is -2.43. The number of aliphatic hydroxyl groups excluding tert-OH is 1. The van der Waals surface area contributed by atoms with Gasteiger partial charge in [0.15, 0.2) is 11.0 Å². The average Bonchev–Trinajstić information content (AvgIpc) is 3.42. The summed E-state index contributed by atoms with van der Waals surface area (Å²) in [5, 5.41) is 11.5. The molecule has 5 rings (SSSR count). The second kappa shape index (κ2) is 9.59. The van der Waals surface area contributed by atoms with Crippen molar-refractivity contribution in [2.75, 3.05) is 18.8 Å². The van der Waals surface area contributed by atoms with Crippen molar-refractivity contribution < 1.29 is 14.3 Å². The fraction of sp³-hybridized carbons (Fsp3) is 0.375. The number of rotatable bonds is 6. The predicted octanol–water partition coefficient (Wildman–Crippen LogP) is 4.68. The first-order valence-electron chi connectivity index (χ1n) is 11.3. The lowest BCUT2D eigenvalue weighted by molar-refractivity contribution is -0.140. The normalized spacial score (nSPS) is 15.9. The molecule has 0 bridgehead atoms. The Morgan fingerprint density at radius 3 is 2.91 bits per heavy atom. The number of likely N-dealkylation sites (tertiary alicyclic amines) is 1. The molecule has 3 N–H and O–H groups in total. The van der Waals surface area contributed by atoms with Crippen LogP contribution in [0.5, 0.6) is 0 Å². The van der Waals surface area contributed by atoms with Gasteiger partial charge < -0.3 is 24.7 Å². The number of pyridine rings is 1. The Balaban J connectivity index is 1.37. The fourth-order valence-corrected chi connectivity index (χ4v) is 6.06. The molecule has 3 aromatic heterocycles. The summed E-state index contributed by atoms with van der Waals surface area (Å²) >= 11 is 5.25. The Morgan fingerprint density at radius 2 is 2.15 bits per heavy atom. The van der Waals surface area contributed by atoms with Gasteiger partial charge in [0.1, 0.15) is 17.2 Å². The second-order valence-corrected chi connectivity index (χ2v) is 10.5. The first-order chi connectivity index (χ1) is 16.4. The first kappa shape index (κ1) is 23.2. The van der Waals surface area contributed by atoms with Gasteiger partial charge in [-0.15, -0.1) is 0 Å². The molecule has 1 atom stereocenters. The number of furan rings is 1. The van der Waals surface area contributed by atoms with Crippen molar-refractivity contribution in [3.05, 3.63) is 41.2 Å². The summed E-state index contributed by atoms with van der Waals surface area (Å²) in [7, 11) is 0. The number of aryl methyl sites for hydroxylation is 1. The third-order valence-electron chi connectivity index (χ3n) is 6.41. The molecule has 34 heavy (non-hydrogen) atoms. The number of carbonyl (C=O) groups is 1. The molecule has 0 spiro atoms. The number of carbonyl (C=O) groups excluding carboxylic acids is 1. The number of benzene rings is 1. The van der Waals surface area contributed by atoms with Crippen molar-refractivity contribution in [1.29, 1.82) is 0 Å². The molecule has 1 aromatic carbocycles. The largest absolute Gasteiger partial charge is 0.464 e. The van der Waals surface area contributed by atoms with Crippen LogP contribution in [0.15, 0.2) is 55.7 Å². The Morgan fingerprint density at radius 1 is 1.35 bits per heavy atom. The van der Waals surface area contributed by atoms with Crippen LogP contribution in [0.2, 0.25) is 0 Å². The summed E-state index contributed by atoms with van der Waals surface area (Å²) < 4.78 is 8.78. The van der Waals surface area contributed by atoms with Gasteiger partial charge in [0.25, 0.3) is 5.91 Å². The highest BCUT2D eigenvalue weighted by Crippen LogP contribution is 2.38. The number of imidazole rings is 1. The zero-order chi connectivity index (χ0) is 23.8. The molecule has 178 valence electrons. The van der Waals surface area contributed by atoms with E-state index in [4.69, 9.17) is 15.1 Å². The van der Waals surface area contributed by atoms with Gasteiger partial charge in [-0.05, 0) is 72.3 Å². The highest BCUT2D eigenvalue weighted by Gasteiger charge is 2.25. The van der Waals surface area contributed by atoms with Crippen LogP contribution in [-0.4, -0.2) is 49.6 Å². The summed E-state index contributed by atoms with van der Waals surface area (Å²) in [6.07, 6.45) is 5.29.